The van der Waals surface area contributed by atoms with Crippen molar-refractivity contribution in [2.75, 3.05) is 33.2 Å². The third-order valence-corrected chi connectivity index (χ3v) is 7.36. The van der Waals surface area contributed by atoms with Crippen molar-refractivity contribution in [3.63, 3.8) is 0 Å². The van der Waals surface area contributed by atoms with E-state index in [0.717, 1.165) is 49.9 Å². The van der Waals surface area contributed by atoms with Crippen molar-refractivity contribution in [3.05, 3.63) is 40.1 Å². The Kier molecular flexibility index (Phi) is 4.17. The summed E-state index contributed by atoms with van der Waals surface area (Å²) < 4.78 is 20.6. The van der Waals surface area contributed by atoms with E-state index in [2.05, 4.69) is 16.8 Å². The Bertz CT molecular complexity index is 850. The Hall–Kier alpha value is -1.66. The van der Waals surface area contributed by atoms with Crippen molar-refractivity contribution in [1.82, 2.24) is 9.80 Å². The number of halogens is 1. The molecule has 1 saturated heterocycles. The first kappa shape index (κ1) is 17.4. The number of hydrogen-bond acceptors (Lipinski definition) is 5. The highest BCUT2D eigenvalue weighted by Gasteiger charge is 2.42. The molecule has 0 saturated carbocycles. The Morgan fingerprint density at radius 3 is 2.81 bits per heavy atom. The van der Waals surface area contributed by atoms with Gasteiger partial charge in [-0.25, -0.2) is 4.39 Å². The number of likely N-dealkylation sites (N-methyl/N-ethyl adjacent to an activating group) is 1. The summed E-state index contributed by atoms with van der Waals surface area (Å²) in [5.41, 5.74) is 1.85. The van der Waals surface area contributed by atoms with Crippen LogP contribution in [-0.4, -0.2) is 60.5 Å². The molecule has 2 unspecified atom stereocenters. The first-order valence-electron chi connectivity index (χ1n) is 9.95. The smallest absolute Gasteiger partial charge is 0.186 e. The summed E-state index contributed by atoms with van der Waals surface area (Å²) >= 11 is 1.76. The lowest BCUT2D eigenvalue weighted by Gasteiger charge is -2.35. The Morgan fingerprint density at radius 1 is 1.22 bits per heavy atom. The van der Waals surface area contributed by atoms with Crippen molar-refractivity contribution >= 4 is 17.2 Å². The van der Waals surface area contributed by atoms with Crippen molar-refractivity contribution in [2.24, 2.45) is 4.99 Å². The van der Waals surface area contributed by atoms with Gasteiger partial charge in [0.15, 0.2) is 10.7 Å². The summed E-state index contributed by atoms with van der Waals surface area (Å²) in [5, 5.41) is 0.934. The van der Waals surface area contributed by atoms with E-state index in [0.29, 0.717) is 0 Å². The molecule has 4 nitrogen and oxygen atoms in total. The van der Waals surface area contributed by atoms with Gasteiger partial charge in [0.2, 0.25) is 0 Å². The molecule has 0 radical (unpaired) electrons. The number of aryl methyl sites for hydroxylation is 1. The van der Waals surface area contributed by atoms with Gasteiger partial charge in [0.25, 0.3) is 0 Å². The fourth-order valence-corrected chi connectivity index (χ4v) is 5.87. The van der Waals surface area contributed by atoms with Crippen LogP contribution in [0.25, 0.3) is 0 Å². The maximum atomic E-state index is 14.1. The molecule has 2 aliphatic carbocycles. The number of rotatable bonds is 0. The maximum Gasteiger partial charge on any atom is 0.186 e. The Labute approximate surface area is 164 Å². The molecule has 27 heavy (non-hydrogen) atoms. The molecule has 0 aromatic carbocycles. The fraction of sp³-hybridized carbons (Fsp3) is 0.571. The molecule has 0 N–H and O–H groups in total. The van der Waals surface area contributed by atoms with Crippen LogP contribution >= 0.6 is 11.3 Å². The largest absolute Gasteiger partial charge is 0.470 e. The highest BCUT2D eigenvalue weighted by molar-refractivity contribution is 7.14. The summed E-state index contributed by atoms with van der Waals surface area (Å²) in [6, 6.07) is -0.203. The van der Waals surface area contributed by atoms with E-state index in [4.69, 9.17) is 9.73 Å². The molecule has 144 valence electrons. The van der Waals surface area contributed by atoms with E-state index < -0.39 is 5.60 Å². The van der Waals surface area contributed by atoms with Crippen LogP contribution in [0.3, 0.4) is 0 Å². The highest BCUT2D eigenvalue weighted by Crippen LogP contribution is 2.45. The average Bonchev–Trinajstić information content (AvgIpc) is 2.93. The second kappa shape index (κ2) is 6.45. The normalized spacial score (nSPS) is 30.5. The van der Waals surface area contributed by atoms with Gasteiger partial charge in [-0.05, 0) is 57.4 Å². The molecule has 0 spiro atoms. The van der Waals surface area contributed by atoms with Crippen molar-refractivity contribution in [1.29, 1.82) is 0 Å². The number of fused-ring (bicyclic) bond motifs is 4. The molecule has 0 amide bonds. The molecule has 6 heteroatoms. The molecular formula is C21H26FN3OS. The molecule has 1 fully saturated rings. The monoisotopic (exact) mass is 387 g/mol. The predicted octanol–water partition coefficient (Wildman–Crippen LogP) is 3.56. The lowest BCUT2D eigenvalue weighted by Crippen LogP contribution is -2.48. The maximum absolute atomic E-state index is 14.1. The molecule has 3 heterocycles. The average molecular weight is 388 g/mol. The van der Waals surface area contributed by atoms with Crippen LogP contribution in [0, 0.1) is 0 Å². The zero-order valence-corrected chi connectivity index (χ0v) is 16.8. The minimum absolute atomic E-state index is 0.203. The molecule has 0 bridgehead atoms. The minimum Gasteiger partial charge on any atom is -0.470 e. The van der Waals surface area contributed by atoms with Crippen LogP contribution in [0.4, 0.5) is 4.39 Å². The second-order valence-corrected chi connectivity index (χ2v) is 9.30. The Morgan fingerprint density at radius 2 is 2.00 bits per heavy atom. The molecular weight excluding hydrogens is 361 g/mol. The minimum atomic E-state index is -0.768. The number of amidine groups is 1. The van der Waals surface area contributed by atoms with Gasteiger partial charge in [0.05, 0.1) is 5.56 Å². The summed E-state index contributed by atoms with van der Waals surface area (Å²) in [7, 11) is 2.17. The van der Waals surface area contributed by atoms with E-state index in [1.165, 1.54) is 34.9 Å². The fourth-order valence-electron chi connectivity index (χ4n) is 4.54. The van der Waals surface area contributed by atoms with Crippen molar-refractivity contribution in [3.8, 4) is 5.06 Å². The quantitative estimate of drug-likeness (QED) is 0.681. The van der Waals surface area contributed by atoms with Gasteiger partial charge in [0.1, 0.15) is 17.7 Å². The van der Waals surface area contributed by atoms with Crippen LogP contribution < -0.4 is 4.74 Å². The summed E-state index contributed by atoms with van der Waals surface area (Å²) in [5.74, 6) is 0.821. The van der Waals surface area contributed by atoms with Crippen molar-refractivity contribution in [2.45, 2.75) is 44.2 Å². The highest BCUT2D eigenvalue weighted by atomic mass is 32.1. The lowest BCUT2D eigenvalue weighted by atomic mass is 9.91. The number of aliphatic imine (C=N–C) groups is 1. The first-order chi connectivity index (χ1) is 13.0. The number of allylic oxidation sites excluding steroid dienone is 2. The molecule has 2 aliphatic heterocycles. The van der Waals surface area contributed by atoms with Crippen LogP contribution in [0.2, 0.25) is 0 Å². The van der Waals surface area contributed by atoms with E-state index in [9.17, 15) is 4.39 Å². The number of hydrogen-bond donors (Lipinski definition) is 0. The summed E-state index contributed by atoms with van der Waals surface area (Å²) in [4.78, 5) is 11.4. The number of piperazine rings is 1. The van der Waals surface area contributed by atoms with Crippen LogP contribution in [-0.2, 0) is 12.8 Å². The standard InChI is InChI=1S/C21H26FN3OS/c1-21-13-14(22)7-8-17(21)23-19(25-11-9-24(2)10-12-25)18-15-5-3-4-6-16(15)27-20(18)26-21/h7-8,13,17H,3-6,9-12H2,1-2H3. The molecule has 1 aromatic heterocycles. The van der Waals surface area contributed by atoms with Crippen LogP contribution in [0.5, 0.6) is 5.06 Å². The van der Waals surface area contributed by atoms with Gasteiger partial charge in [0, 0.05) is 31.1 Å². The third-order valence-electron chi connectivity index (χ3n) is 6.19. The Balaban J connectivity index is 1.65. The van der Waals surface area contributed by atoms with Gasteiger partial charge in [-0.1, -0.05) is 6.08 Å². The van der Waals surface area contributed by atoms with Gasteiger partial charge in [-0.3, -0.25) is 4.99 Å². The van der Waals surface area contributed by atoms with Gasteiger partial charge >= 0.3 is 0 Å². The zero-order chi connectivity index (χ0) is 18.6. The van der Waals surface area contributed by atoms with E-state index in [1.807, 2.05) is 13.0 Å². The topological polar surface area (TPSA) is 28.1 Å². The summed E-state index contributed by atoms with van der Waals surface area (Å²) in [6.45, 7) is 5.97. The second-order valence-electron chi connectivity index (χ2n) is 8.24. The molecule has 4 aliphatic rings. The van der Waals surface area contributed by atoms with Gasteiger partial charge in [-0.2, -0.15) is 0 Å². The molecule has 5 rings (SSSR count). The first-order valence-corrected chi connectivity index (χ1v) is 10.8. The van der Waals surface area contributed by atoms with E-state index in [1.54, 1.807) is 17.4 Å². The molecule has 2 atom stereocenters. The van der Waals surface area contributed by atoms with Crippen LogP contribution in [0.15, 0.2) is 29.0 Å². The number of nitrogens with zero attached hydrogens (tertiary/aromatic N) is 3. The van der Waals surface area contributed by atoms with Crippen molar-refractivity contribution < 1.29 is 9.13 Å². The zero-order valence-electron chi connectivity index (χ0n) is 16.0. The molecule has 1 aromatic rings. The van der Waals surface area contributed by atoms with E-state index >= 15 is 0 Å². The number of ether oxygens (including phenoxy) is 1. The van der Waals surface area contributed by atoms with E-state index in [-0.39, 0.29) is 11.9 Å². The lowest BCUT2D eigenvalue weighted by molar-refractivity contribution is 0.130. The predicted molar refractivity (Wildman–Crippen MR) is 108 cm³/mol. The summed E-state index contributed by atoms with van der Waals surface area (Å²) in [6.07, 6.45) is 9.65. The third kappa shape index (κ3) is 2.93. The van der Waals surface area contributed by atoms with Gasteiger partial charge < -0.3 is 14.5 Å². The van der Waals surface area contributed by atoms with Gasteiger partial charge in [-0.15, -0.1) is 11.3 Å². The SMILES string of the molecule is CN1CCN(C2=NC3C=CC(F)=CC3(C)Oc3sc4c(c32)CCCC4)CC1. The number of thiophene rings is 1. The van der Waals surface area contributed by atoms with Crippen LogP contribution in [0.1, 0.15) is 35.8 Å².